The summed E-state index contributed by atoms with van der Waals surface area (Å²) in [6.07, 6.45) is 0. The predicted molar refractivity (Wildman–Crippen MR) is 70.2 cm³/mol. The van der Waals surface area contributed by atoms with Crippen LogP contribution in [0.3, 0.4) is 0 Å². The van der Waals surface area contributed by atoms with Crippen molar-refractivity contribution in [3.8, 4) is 0 Å². The van der Waals surface area contributed by atoms with Crippen molar-refractivity contribution in [3.63, 3.8) is 0 Å². The zero-order chi connectivity index (χ0) is 14.5. The van der Waals surface area contributed by atoms with Crippen LogP contribution in [0.2, 0.25) is 0 Å². The van der Waals surface area contributed by atoms with E-state index in [-0.39, 0.29) is 18.1 Å². The third kappa shape index (κ3) is 3.16. The van der Waals surface area contributed by atoms with Crippen LogP contribution >= 0.6 is 0 Å². The SMILES string of the molecule is COCc1nc(NN)cc(Nc2cccc(F)c2F)n1. The average Bonchev–Trinajstić information content (AvgIpc) is 2.44. The molecule has 4 N–H and O–H groups in total. The second kappa shape index (κ2) is 6.22. The Morgan fingerprint density at radius 1 is 1.25 bits per heavy atom. The minimum absolute atomic E-state index is 0.0324. The van der Waals surface area contributed by atoms with Crippen LogP contribution in [0.15, 0.2) is 24.3 Å². The molecule has 0 saturated heterocycles. The van der Waals surface area contributed by atoms with Crippen LogP contribution in [0.25, 0.3) is 0 Å². The smallest absolute Gasteiger partial charge is 0.182 e. The summed E-state index contributed by atoms with van der Waals surface area (Å²) in [6, 6.07) is 5.28. The summed E-state index contributed by atoms with van der Waals surface area (Å²) in [5, 5.41) is 2.67. The molecule has 0 radical (unpaired) electrons. The molecule has 6 nitrogen and oxygen atoms in total. The number of halogens is 2. The van der Waals surface area contributed by atoms with Gasteiger partial charge < -0.3 is 15.5 Å². The van der Waals surface area contributed by atoms with Gasteiger partial charge >= 0.3 is 0 Å². The molecule has 106 valence electrons. The molecule has 0 fully saturated rings. The van der Waals surface area contributed by atoms with E-state index < -0.39 is 11.6 Å². The number of methoxy groups -OCH3 is 1. The number of hydrogen-bond acceptors (Lipinski definition) is 6. The number of nitrogens with two attached hydrogens (primary N) is 1. The highest BCUT2D eigenvalue weighted by Gasteiger charge is 2.10. The van der Waals surface area contributed by atoms with Gasteiger partial charge in [0.25, 0.3) is 0 Å². The van der Waals surface area contributed by atoms with Gasteiger partial charge in [0.2, 0.25) is 0 Å². The summed E-state index contributed by atoms with van der Waals surface area (Å²) in [5.74, 6) is 4.30. The maximum atomic E-state index is 13.6. The van der Waals surface area contributed by atoms with Crippen LogP contribution in [0.4, 0.5) is 26.1 Å². The van der Waals surface area contributed by atoms with E-state index in [0.717, 1.165) is 6.07 Å². The van der Waals surface area contributed by atoms with Gasteiger partial charge in [0, 0.05) is 13.2 Å². The molecule has 0 amide bonds. The van der Waals surface area contributed by atoms with Crippen molar-refractivity contribution in [2.24, 2.45) is 5.84 Å². The second-order valence-electron chi connectivity index (χ2n) is 3.86. The van der Waals surface area contributed by atoms with E-state index in [9.17, 15) is 8.78 Å². The van der Waals surface area contributed by atoms with E-state index in [1.54, 1.807) is 0 Å². The summed E-state index contributed by atoms with van der Waals surface area (Å²) in [7, 11) is 1.49. The van der Waals surface area contributed by atoms with Crippen molar-refractivity contribution in [1.82, 2.24) is 9.97 Å². The molecule has 20 heavy (non-hydrogen) atoms. The molecule has 0 unspecified atom stereocenters. The van der Waals surface area contributed by atoms with Gasteiger partial charge in [-0.05, 0) is 12.1 Å². The van der Waals surface area contributed by atoms with Crippen molar-refractivity contribution in [3.05, 3.63) is 41.7 Å². The topological polar surface area (TPSA) is 85.1 Å². The number of rotatable bonds is 5. The van der Waals surface area contributed by atoms with Gasteiger partial charge in [0.05, 0.1) is 5.69 Å². The molecule has 0 atom stereocenters. The number of anilines is 3. The quantitative estimate of drug-likeness (QED) is 0.573. The van der Waals surface area contributed by atoms with Gasteiger partial charge in [0.1, 0.15) is 18.2 Å². The molecule has 8 heteroatoms. The van der Waals surface area contributed by atoms with E-state index in [1.807, 2.05) is 0 Å². The number of nitrogens with zero attached hydrogens (tertiary/aromatic N) is 2. The highest BCUT2D eigenvalue weighted by atomic mass is 19.2. The third-order valence-electron chi connectivity index (χ3n) is 2.41. The monoisotopic (exact) mass is 281 g/mol. The van der Waals surface area contributed by atoms with E-state index >= 15 is 0 Å². The lowest BCUT2D eigenvalue weighted by atomic mass is 10.3. The molecule has 0 saturated carbocycles. The van der Waals surface area contributed by atoms with E-state index in [1.165, 1.54) is 25.3 Å². The first kappa shape index (κ1) is 14.1. The zero-order valence-corrected chi connectivity index (χ0v) is 10.7. The van der Waals surface area contributed by atoms with Crippen LogP contribution in [-0.2, 0) is 11.3 Å². The number of hydrazine groups is 1. The minimum Gasteiger partial charge on any atom is -0.377 e. The van der Waals surface area contributed by atoms with Crippen LogP contribution < -0.4 is 16.6 Å². The Bertz CT molecular complexity index is 608. The number of ether oxygens (including phenoxy) is 1. The lowest BCUT2D eigenvalue weighted by Crippen LogP contribution is -2.12. The summed E-state index contributed by atoms with van der Waals surface area (Å²) in [5.41, 5.74) is 2.33. The van der Waals surface area contributed by atoms with Crippen molar-refractivity contribution < 1.29 is 13.5 Å². The fourth-order valence-electron chi connectivity index (χ4n) is 1.57. The standard InChI is InChI=1S/C12H13F2N5O/c1-20-6-11-17-9(5-10(18-11)19-15)16-8-4-2-3-7(13)12(8)14/h2-5H,6,15H2,1H3,(H2,16,17,18,19). The molecule has 0 spiro atoms. The maximum absolute atomic E-state index is 13.6. The van der Waals surface area contributed by atoms with Crippen molar-refractivity contribution in [1.29, 1.82) is 0 Å². The van der Waals surface area contributed by atoms with Gasteiger partial charge in [-0.25, -0.2) is 24.6 Å². The highest BCUT2D eigenvalue weighted by molar-refractivity contribution is 5.59. The van der Waals surface area contributed by atoms with Gasteiger partial charge in [0.15, 0.2) is 17.5 Å². The summed E-state index contributed by atoms with van der Waals surface area (Å²) in [6.45, 7) is 0.163. The normalized spacial score (nSPS) is 10.4. The lowest BCUT2D eigenvalue weighted by molar-refractivity contribution is 0.178. The Kier molecular flexibility index (Phi) is 4.38. The first-order valence-corrected chi connectivity index (χ1v) is 5.68. The highest BCUT2D eigenvalue weighted by Crippen LogP contribution is 2.21. The van der Waals surface area contributed by atoms with Crippen LogP contribution in [0.5, 0.6) is 0 Å². The van der Waals surface area contributed by atoms with Crippen LogP contribution in [0, 0.1) is 11.6 Å². The van der Waals surface area contributed by atoms with Gasteiger partial charge in [-0.3, -0.25) is 0 Å². The van der Waals surface area contributed by atoms with Gasteiger partial charge in [-0.15, -0.1) is 0 Å². The Hall–Kier alpha value is -2.32. The predicted octanol–water partition coefficient (Wildman–Crippen LogP) is 1.93. The Balaban J connectivity index is 2.32. The summed E-state index contributed by atoms with van der Waals surface area (Å²) in [4.78, 5) is 8.15. The first-order chi connectivity index (χ1) is 9.63. The molecule has 2 rings (SSSR count). The largest absolute Gasteiger partial charge is 0.377 e. The Morgan fingerprint density at radius 2 is 2.00 bits per heavy atom. The first-order valence-electron chi connectivity index (χ1n) is 5.68. The summed E-state index contributed by atoms with van der Waals surface area (Å²) >= 11 is 0. The van der Waals surface area contributed by atoms with Gasteiger partial charge in [-0.1, -0.05) is 6.07 Å². The van der Waals surface area contributed by atoms with E-state index in [0.29, 0.717) is 11.6 Å². The van der Waals surface area contributed by atoms with Gasteiger partial charge in [-0.2, -0.15) is 0 Å². The van der Waals surface area contributed by atoms with Crippen molar-refractivity contribution in [2.45, 2.75) is 6.61 Å². The van der Waals surface area contributed by atoms with E-state index in [2.05, 4.69) is 20.7 Å². The summed E-state index contributed by atoms with van der Waals surface area (Å²) < 4.78 is 31.6. The van der Waals surface area contributed by atoms with Crippen LogP contribution in [0.1, 0.15) is 5.82 Å². The molecule has 1 aromatic carbocycles. The molecular formula is C12H13F2N5O. The fraction of sp³-hybridized carbons (Fsp3) is 0.167. The Labute approximate surface area is 114 Å². The number of hydrogen-bond donors (Lipinski definition) is 3. The molecule has 1 aromatic heterocycles. The number of benzene rings is 1. The number of aromatic nitrogens is 2. The maximum Gasteiger partial charge on any atom is 0.182 e. The Morgan fingerprint density at radius 3 is 2.70 bits per heavy atom. The lowest BCUT2D eigenvalue weighted by Gasteiger charge is -2.10. The fourth-order valence-corrected chi connectivity index (χ4v) is 1.57. The van der Waals surface area contributed by atoms with Crippen molar-refractivity contribution >= 4 is 17.3 Å². The molecular weight excluding hydrogens is 268 g/mol. The second-order valence-corrected chi connectivity index (χ2v) is 3.86. The van der Waals surface area contributed by atoms with Crippen LogP contribution in [-0.4, -0.2) is 17.1 Å². The molecule has 0 aliphatic carbocycles. The minimum atomic E-state index is -0.985. The number of nitrogens with one attached hydrogen (secondary N) is 2. The number of nitrogen functional groups attached to an aromatic ring is 1. The molecule has 0 bridgehead atoms. The average molecular weight is 281 g/mol. The molecule has 2 aromatic rings. The third-order valence-corrected chi connectivity index (χ3v) is 2.41. The molecule has 0 aliphatic rings. The molecule has 1 heterocycles. The zero-order valence-electron chi connectivity index (χ0n) is 10.7. The van der Waals surface area contributed by atoms with Crippen molar-refractivity contribution in [2.75, 3.05) is 17.9 Å². The van der Waals surface area contributed by atoms with E-state index in [4.69, 9.17) is 10.6 Å². The molecule has 0 aliphatic heterocycles.